The van der Waals surface area contributed by atoms with Gasteiger partial charge in [-0.25, -0.2) is 4.98 Å². The number of rotatable bonds is 7. The number of hydrogen-bond acceptors (Lipinski definition) is 6. The maximum atomic E-state index is 12.0. The first kappa shape index (κ1) is 17.5. The van der Waals surface area contributed by atoms with Crippen LogP contribution >= 0.6 is 11.6 Å². The van der Waals surface area contributed by atoms with Crippen molar-refractivity contribution in [2.45, 2.75) is 25.4 Å². The molecule has 1 aromatic rings. The van der Waals surface area contributed by atoms with E-state index in [9.17, 15) is 9.59 Å². The zero-order valence-electron chi connectivity index (χ0n) is 12.8. The van der Waals surface area contributed by atoms with Crippen LogP contribution < -0.4 is 10.1 Å². The zero-order chi connectivity index (χ0) is 16.7. The van der Waals surface area contributed by atoms with Gasteiger partial charge in [-0.05, 0) is 12.5 Å². The number of pyridine rings is 1. The molecule has 0 spiro atoms. The number of aromatic nitrogens is 1. The van der Waals surface area contributed by atoms with E-state index >= 15 is 0 Å². The molecule has 1 N–H and O–H groups in total. The van der Waals surface area contributed by atoms with Crippen LogP contribution in [0.15, 0.2) is 12.3 Å². The fraction of sp³-hybridized carbons (Fsp3) is 0.533. The second-order valence-corrected chi connectivity index (χ2v) is 5.46. The predicted molar refractivity (Wildman–Crippen MR) is 82.7 cm³/mol. The van der Waals surface area contributed by atoms with Crippen LogP contribution in [0.4, 0.5) is 0 Å². The van der Waals surface area contributed by atoms with E-state index in [-0.39, 0.29) is 29.4 Å². The molecule has 1 aromatic heterocycles. The van der Waals surface area contributed by atoms with Crippen LogP contribution in [0.5, 0.6) is 5.88 Å². The van der Waals surface area contributed by atoms with Crippen LogP contribution in [0.1, 0.15) is 29.6 Å². The van der Waals surface area contributed by atoms with Crippen molar-refractivity contribution in [1.82, 2.24) is 10.3 Å². The first-order valence-electron chi connectivity index (χ1n) is 7.35. The Balaban J connectivity index is 1.83. The number of ether oxygens (including phenoxy) is 3. The Hall–Kier alpha value is -1.86. The summed E-state index contributed by atoms with van der Waals surface area (Å²) in [6.07, 6.45) is 2.90. The monoisotopic (exact) mass is 342 g/mol. The number of halogens is 1. The summed E-state index contributed by atoms with van der Waals surface area (Å²) in [5, 5.41) is 2.97. The molecule has 1 saturated heterocycles. The molecule has 0 saturated carbocycles. The summed E-state index contributed by atoms with van der Waals surface area (Å²) >= 11 is 6.10. The third kappa shape index (κ3) is 5.37. The lowest BCUT2D eigenvalue weighted by molar-refractivity contribution is -0.140. The number of hydrogen-bond donors (Lipinski definition) is 1. The Morgan fingerprint density at radius 2 is 2.35 bits per heavy atom. The van der Waals surface area contributed by atoms with Crippen LogP contribution in [-0.4, -0.2) is 49.8 Å². The Kier molecular flexibility index (Phi) is 6.61. The van der Waals surface area contributed by atoms with Crippen molar-refractivity contribution >= 4 is 23.5 Å². The van der Waals surface area contributed by atoms with Gasteiger partial charge in [-0.3, -0.25) is 9.59 Å². The molecule has 1 unspecified atom stereocenters. The average Bonchev–Trinajstić information content (AvgIpc) is 3.06. The van der Waals surface area contributed by atoms with Crippen LogP contribution in [0.25, 0.3) is 0 Å². The van der Waals surface area contributed by atoms with E-state index in [1.54, 1.807) is 0 Å². The molecule has 7 nitrogen and oxygen atoms in total. The SMILES string of the molecule is COC(=O)CCCNC(=O)c1cnc(OC2CCOC2)c(Cl)c1. The van der Waals surface area contributed by atoms with Gasteiger partial charge in [0.15, 0.2) is 0 Å². The van der Waals surface area contributed by atoms with Gasteiger partial charge in [-0.2, -0.15) is 0 Å². The molecule has 0 aliphatic carbocycles. The van der Waals surface area contributed by atoms with Crippen molar-refractivity contribution in [3.8, 4) is 5.88 Å². The largest absolute Gasteiger partial charge is 0.471 e. The van der Waals surface area contributed by atoms with Gasteiger partial charge in [0.05, 0.1) is 25.9 Å². The van der Waals surface area contributed by atoms with Crippen LogP contribution in [0.3, 0.4) is 0 Å². The zero-order valence-corrected chi connectivity index (χ0v) is 13.6. The average molecular weight is 343 g/mol. The highest BCUT2D eigenvalue weighted by molar-refractivity contribution is 6.32. The molecule has 0 radical (unpaired) electrons. The Morgan fingerprint density at radius 1 is 1.52 bits per heavy atom. The van der Waals surface area contributed by atoms with Gasteiger partial charge in [0, 0.05) is 25.6 Å². The van der Waals surface area contributed by atoms with Crippen molar-refractivity contribution in [3.63, 3.8) is 0 Å². The Labute approximate surface area is 139 Å². The maximum Gasteiger partial charge on any atom is 0.305 e. The molecule has 1 atom stereocenters. The standard InChI is InChI=1S/C15H19ClN2O5/c1-21-13(19)3-2-5-17-14(20)10-7-12(16)15(18-8-10)23-11-4-6-22-9-11/h7-8,11H,2-6,9H2,1H3,(H,17,20). The second kappa shape index (κ2) is 8.69. The van der Waals surface area contributed by atoms with E-state index < -0.39 is 0 Å². The smallest absolute Gasteiger partial charge is 0.305 e. The number of methoxy groups -OCH3 is 1. The van der Waals surface area contributed by atoms with E-state index in [4.69, 9.17) is 21.1 Å². The highest BCUT2D eigenvalue weighted by Crippen LogP contribution is 2.25. The minimum absolute atomic E-state index is 0.0574. The number of nitrogens with one attached hydrogen (secondary N) is 1. The topological polar surface area (TPSA) is 86.8 Å². The summed E-state index contributed by atoms with van der Waals surface area (Å²) in [5.41, 5.74) is 0.336. The molecule has 0 bridgehead atoms. The molecule has 8 heteroatoms. The van der Waals surface area contributed by atoms with Crippen LogP contribution in [0, 0.1) is 0 Å². The normalized spacial score (nSPS) is 16.9. The molecule has 0 aromatic carbocycles. The fourth-order valence-electron chi connectivity index (χ4n) is 2.04. The highest BCUT2D eigenvalue weighted by atomic mass is 35.5. The van der Waals surface area contributed by atoms with Gasteiger partial charge in [0.2, 0.25) is 5.88 Å². The van der Waals surface area contributed by atoms with Gasteiger partial charge >= 0.3 is 5.97 Å². The Morgan fingerprint density at radius 3 is 3.00 bits per heavy atom. The van der Waals surface area contributed by atoms with Crippen LogP contribution in [-0.2, 0) is 14.3 Å². The van der Waals surface area contributed by atoms with Crippen molar-refractivity contribution in [2.75, 3.05) is 26.9 Å². The number of carbonyl (C=O) groups excluding carboxylic acids is 2. The number of esters is 1. The highest BCUT2D eigenvalue weighted by Gasteiger charge is 2.20. The minimum atomic E-state index is -0.306. The summed E-state index contributed by atoms with van der Waals surface area (Å²) < 4.78 is 15.4. The molecule has 2 heterocycles. The molecule has 1 aliphatic heterocycles. The first-order valence-corrected chi connectivity index (χ1v) is 7.73. The van der Waals surface area contributed by atoms with Crippen molar-refractivity contribution < 1.29 is 23.8 Å². The van der Waals surface area contributed by atoms with Gasteiger partial charge in [0.1, 0.15) is 11.1 Å². The van der Waals surface area contributed by atoms with Gasteiger partial charge in [-0.1, -0.05) is 11.6 Å². The molecule has 23 heavy (non-hydrogen) atoms. The summed E-state index contributed by atoms with van der Waals surface area (Å²) in [5.74, 6) is -0.314. The second-order valence-electron chi connectivity index (χ2n) is 5.05. The molecule has 1 aliphatic rings. The third-order valence-corrected chi connectivity index (χ3v) is 3.58. The first-order chi connectivity index (χ1) is 11.1. The van der Waals surface area contributed by atoms with E-state index in [0.717, 1.165) is 6.42 Å². The Bertz CT molecular complexity index is 561. The van der Waals surface area contributed by atoms with E-state index in [0.29, 0.717) is 37.6 Å². The molecule has 1 amide bonds. The summed E-state index contributed by atoms with van der Waals surface area (Å²) in [4.78, 5) is 27.0. The number of nitrogens with zero attached hydrogens (tertiary/aromatic N) is 1. The predicted octanol–water partition coefficient (Wildman–Crippen LogP) is 1.59. The molecule has 2 rings (SSSR count). The maximum absolute atomic E-state index is 12.0. The number of carbonyl (C=O) groups is 2. The van der Waals surface area contributed by atoms with Gasteiger partial charge in [0.25, 0.3) is 5.91 Å². The van der Waals surface area contributed by atoms with Gasteiger partial charge in [-0.15, -0.1) is 0 Å². The van der Waals surface area contributed by atoms with E-state index in [1.165, 1.54) is 19.4 Å². The minimum Gasteiger partial charge on any atom is -0.471 e. The lowest BCUT2D eigenvalue weighted by Gasteiger charge is -2.12. The van der Waals surface area contributed by atoms with Gasteiger partial charge < -0.3 is 19.5 Å². The fourth-order valence-corrected chi connectivity index (χ4v) is 2.25. The quantitative estimate of drug-likeness (QED) is 0.598. The number of amides is 1. The summed E-state index contributed by atoms with van der Waals surface area (Å²) in [6, 6.07) is 1.51. The molecular formula is C15H19ClN2O5. The summed E-state index contributed by atoms with van der Waals surface area (Å²) in [6.45, 7) is 1.54. The van der Waals surface area contributed by atoms with Crippen molar-refractivity contribution in [3.05, 3.63) is 22.8 Å². The lowest BCUT2D eigenvalue weighted by atomic mass is 10.2. The third-order valence-electron chi connectivity index (χ3n) is 3.31. The molecule has 1 fully saturated rings. The molecular weight excluding hydrogens is 324 g/mol. The van der Waals surface area contributed by atoms with E-state index in [1.807, 2.05) is 0 Å². The van der Waals surface area contributed by atoms with E-state index in [2.05, 4.69) is 15.0 Å². The van der Waals surface area contributed by atoms with Crippen molar-refractivity contribution in [1.29, 1.82) is 0 Å². The lowest BCUT2D eigenvalue weighted by Crippen LogP contribution is -2.25. The molecule has 126 valence electrons. The van der Waals surface area contributed by atoms with Crippen molar-refractivity contribution in [2.24, 2.45) is 0 Å². The van der Waals surface area contributed by atoms with Crippen LogP contribution in [0.2, 0.25) is 5.02 Å². The summed E-state index contributed by atoms with van der Waals surface area (Å²) in [7, 11) is 1.33.